The van der Waals surface area contributed by atoms with E-state index in [1.54, 1.807) is 28.7 Å². The summed E-state index contributed by atoms with van der Waals surface area (Å²) in [7, 11) is 1.43. The van der Waals surface area contributed by atoms with Crippen LogP contribution in [-0.4, -0.2) is 29.4 Å². The minimum Gasteiger partial charge on any atom is -0.496 e. The third-order valence-corrected chi connectivity index (χ3v) is 5.68. The van der Waals surface area contributed by atoms with Gasteiger partial charge in [-0.2, -0.15) is 0 Å². The molecule has 0 aliphatic rings. The van der Waals surface area contributed by atoms with Crippen LogP contribution in [0.5, 0.6) is 5.75 Å². The van der Waals surface area contributed by atoms with Crippen molar-refractivity contribution < 1.29 is 14.5 Å². The molecule has 0 unspecified atom stereocenters. The molecule has 1 amide bonds. The quantitative estimate of drug-likeness (QED) is 0.413. The molecule has 0 radical (unpaired) electrons. The number of hydrogen-bond acceptors (Lipinski definition) is 7. The Morgan fingerprint density at radius 3 is 2.29 bits per heavy atom. The predicted molar refractivity (Wildman–Crippen MR) is 111 cm³/mol. The number of nitrogens with one attached hydrogen (secondary N) is 1. The lowest BCUT2D eigenvalue weighted by atomic mass is 10.2. The van der Waals surface area contributed by atoms with Crippen molar-refractivity contribution in [1.29, 1.82) is 0 Å². The number of hydrogen-bond donors (Lipinski definition) is 1. The molecule has 0 aliphatic carbocycles. The first kappa shape index (κ1) is 20.0. The third-order valence-electron chi connectivity index (χ3n) is 3.96. The van der Waals surface area contributed by atoms with E-state index in [9.17, 15) is 14.9 Å². The molecule has 146 valence electrons. The van der Waals surface area contributed by atoms with Crippen molar-refractivity contribution in [2.45, 2.75) is 13.1 Å². The Balaban J connectivity index is 1.72. The van der Waals surface area contributed by atoms with Crippen molar-refractivity contribution in [2.75, 3.05) is 19.0 Å². The zero-order chi connectivity index (χ0) is 19.9. The van der Waals surface area contributed by atoms with Crippen molar-refractivity contribution in [2.24, 2.45) is 0 Å². The molecule has 0 saturated heterocycles. The number of nitro benzene ring substituents is 1. The van der Waals surface area contributed by atoms with Crippen LogP contribution in [0.4, 0.5) is 11.4 Å². The molecule has 0 atom stereocenters. The number of benzene rings is 1. The monoisotopic (exact) mass is 417 g/mol. The second kappa shape index (κ2) is 9.45. The van der Waals surface area contributed by atoms with Gasteiger partial charge in [-0.1, -0.05) is 12.1 Å². The van der Waals surface area contributed by atoms with Crippen LogP contribution in [-0.2, 0) is 17.9 Å². The Hall–Kier alpha value is -2.75. The average molecular weight is 418 g/mol. The summed E-state index contributed by atoms with van der Waals surface area (Å²) in [5.41, 5.74) is -0.0428. The Bertz CT molecular complexity index is 891. The molecule has 0 spiro atoms. The Morgan fingerprint density at radius 1 is 1.14 bits per heavy atom. The molecular formula is C19H19N3O4S2. The summed E-state index contributed by atoms with van der Waals surface area (Å²) < 4.78 is 5.02. The van der Waals surface area contributed by atoms with Crippen LogP contribution in [0.3, 0.4) is 0 Å². The van der Waals surface area contributed by atoms with E-state index in [1.165, 1.54) is 19.2 Å². The van der Waals surface area contributed by atoms with E-state index in [1.807, 2.05) is 39.9 Å². The molecule has 3 rings (SSSR count). The normalized spacial score (nSPS) is 10.8. The van der Waals surface area contributed by atoms with E-state index in [0.717, 1.165) is 9.75 Å². The number of thiophene rings is 2. The van der Waals surface area contributed by atoms with Crippen LogP contribution < -0.4 is 10.1 Å². The Kier molecular flexibility index (Phi) is 6.75. The molecule has 7 nitrogen and oxygen atoms in total. The fourth-order valence-electron chi connectivity index (χ4n) is 2.70. The summed E-state index contributed by atoms with van der Waals surface area (Å²) in [6, 6.07) is 12.4. The van der Waals surface area contributed by atoms with Gasteiger partial charge in [0.2, 0.25) is 5.91 Å². The summed E-state index contributed by atoms with van der Waals surface area (Å²) in [5.74, 6) is 0.0584. The maximum absolute atomic E-state index is 12.6. The van der Waals surface area contributed by atoms with Gasteiger partial charge in [-0.3, -0.25) is 19.8 Å². The molecule has 9 heteroatoms. The van der Waals surface area contributed by atoms with Crippen LogP contribution in [0.1, 0.15) is 9.75 Å². The maximum atomic E-state index is 12.6. The minimum absolute atomic E-state index is 0.124. The van der Waals surface area contributed by atoms with Gasteiger partial charge in [0, 0.05) is 22.8 Å². The lowest BCUT2D eigenvalue weighted by Crippen LogP contribution is -2.32. The number of carbonyl (C=O) groups excluding carboxylic acids is 1. The second-order valence-corrected chi connectivity index (χ2v) is 8.06. The molecule has 0 fully saturated rings. The number of nitro groups is 1. The molecule has 2 heterocycles. The topological polar surface area (TPSA) is 84.7 Å². The number of rotatable bonds is 9. The summed E-state index contributed by atoms with van der Waals surface area (Å²) in [4.78, 5) is 27.7. The molecule has 28 heavy (non-hydrogen) atoms. The summed E-state index contributed by atoms with van der Waals surface area (Å²) in [6.07, 6.45) is 0. The third kappa shape index (κ3) is 5.38. The predicted octanol–water partition coefficient (Wildman–Crippen LogP) is 4.37. The minimum atomic E-state index is -0.535. The second-order valence-electron chi connectivity index (χ2n) is 5.99. The standard InChI is InChI=1S/C19H19N3O4S2/c1-26-14-6-7-17(18(10-14)22(24)25)20-19(23)13-21(11-15-4-2-8-27-15)12-16-5-3-9-28-16/h2-10H,11-13H2,1H3,(H,20,23). The van der Waals surface area contributed by atoms with Crippen molar-refractivity contribution in [3.8, 4) is 5.75 Å². The molecule has 2 aromatic heterocycles. The summed E-state index contributed by atoms with van der Waals surface area (Å²) in [5, 5.41) is 18.0. The average Bonchev–Trinajstić information content (AvgIpc) is 3.36. The summed E-state index contributed by atoms with van der Waals surface area (Å²) >= 11 is 3.26. The largest absolute Gasteiger partial charge is 0.496 e. The lowest BCUT2D eigenvalue weighted by molar-refractivity contribution is -0.384. The fourth-order valence-corrected chi connectivity index (χ4v) is 4.19. The first-order chi connectivity index (χ1) is 13.5. The van der Waals surface area contributed by atoms with E-state index >= 15 is 0 Å². The summed E-state index contributed by atoms with van der Waals surface area (Å²) in [6.45, 7) is 1.39. The fraction of sp³-hybridized carbons (Fsp3) is 0.211. The number of ether oxygens (including phenoxy) is 1. The van der Waals surface area contributed by atoms with Crippen LogP contribution in [0.15, 0.2) is 53.2 Å². The van der Waals surface area contributed by atoms with E-state index in [0.29, 0.717) is 18.8 Å². The molecule has 1 aromatic carbocycles. The molecular weight excluding hydrogens is 398 g/mol. The zero-order valence-corrected chi connectivity index (χ0v) is 16.8. The number of amides is 1. The van der Waals surface area contributed by atoms with Crippen molar-refractivity contribution in [1.82, 2.24) is 4.90 Å². The molecule has 3 aromatic rings. The van der Waals surface area contributed by atoms with Gasteiger partial charge in [-0.05, 0) is 35.0 Å². The molecule has 1 N–H and O–H groups in total. The SMILES string of the molecule is COc1ccc(NC(=O)CN(Cc2cccs2)Cc2cccs2)c([N+](=O)[O-])c1. The smallest absolute Gasteiger partial charge is 0.296 e. The van der Waals surface area contributed by atoms with Gasteiger partial charge in [0.15, 0.2) is 0 Å². The van der Waals surface area contributed by atoms with Gasteiger partial charge < -0.3 is 10.1 Å². The Morgan fingerprint density at radius 2 is 1.79 bits per heavy atom. The number of nitrogens with zero attached hydrogens (tertiary/aromatic N) is 2. The number of carbonyl (C=O) groups is 1. The van der Waals surface area contributed by atoms with Gasteiger partial charge >= 0.3 is 0 Å². The van der Waals surface area contributed by atoms with Gasteiger partial charge in [0.25, 0.3) is 5.69 Å². The number of anilines is 1. The maximum Gasteiger partial charge on any atom is 0.296 e. The highest BCUT2D eigenvalue weighted by Crippen LogP contribution is 2.29. The van der Waals surface area contributed by atoms with E-state index in [2.05, 4.69) is 5.32 Å². The first-order valence-electron chi connectivity index (χ1n) is 8.44. The van der Waals surface area contributed by atoms with Crippen LogP contribution >= 0.6 is 22.7 Å². The van der Waals surface area contributed by atoms with Crippen molar-refractivity contribution in [3.63, 3.8) is 0 Å². The zero-order valence-electron chi connectivity index (χ0n) is 15.2. The highest BCUT2D eigenvalue weighted by molar-refractivity contribution is 7.10. The van der Waals surface area contributed by atoms with Crippen molar-refractivity contribution in [3.05, 3.63) is 73.1 Å². The molecule has 0 aliphatic heterocycles. The van der Waals surface area contributed by atoms with E-state index < -0.39 is 4.92 Å². The molecule has 0 saturated carbocycles. The van der Waals surface area contributed by atoms with Crippen molar-refractivity contribution >= 4 is 40.0 Å². The van der Waals surface area contributed by atoms with Gasteiger partial charge in [-0.15, -0.1) is 22.7 Å². The Labute approximate surface area is 170 Å². The van der Waals surface area contributed by atoms with Gasteiger partial charge in [0.05, 0.1) is 24.6 Å². The van der Waals surface area contributed by atoms with Crippen LogP contribution in [0.2, 0.25) is 0 Å². The van der Waals surface area contributed by atoms with E-state index in [-0.39, 0.29) is 23.8 Å². The van der Waals surface area contributed by atoms with Crippen LogP contribution in [0.25, 0.3) is 0 Å². The lowest BCUT2D eigenvalue weighted by Gasteiger charge is -2.20. The number of methoxy groups -OCH3 is 1. The van der Waals surface area contributed by atoms with Gasteiger partial charge in [0.1, 0.15) is 11.4 Å². The van der Waals surface area contributed by atoms with Crippen LogP contribution in [0, 0.1) is 10.1 Å². The van der Waals surface area contributed by atoms with Gasteiger partial charge in [-0.25, -0.2) is 0 Å². The highest BCUT2D eigenvalue weighted by atomic mass is 32.1. The first-order valence-corrected chi connectivity index (χ1v) is 10.2. The molecule has 0 bridgehead atoms. The van der Waals surface area contributed by atoms with E-state index in [4.69, 9.17) is 4.74 Å². The highest BCUT2D eigenvalue weighted by Gasteiger charge is 2.19.